The van der Waals surface area contributed by atoms with E-state index < -0.39 is 5.97 Å². The second-order valence-electron chi connectivity index (χ2n) is 4.98. The number of anilines is 1. The number of aryl methyl sites for hydroxylation is 1. The fourth-order valence-corrected chi connectivity index (χ4v) is 2.19. The standard InChI is InChI=1S/C16H20N2O2/c1-12-11-13-7-4-5-8-14(13)18-16(12)17-10-6-2-3-9-15(19)20/h4-5,7-8,11H,2-3,6,9-10H2,1H3,(H,17,18)(H,19,20). The molecule has 0 atom stereocenters. The fourth-order valence-electron chi connectivity index (χ4n) is 2.19. The Bertz CT molecular complexity index is 596. The number of hydrogen-bond donors (Lipinski definition) is 2. The van der Waals surface area contributed by atoms with E-state index in [-0.39, 0.29) is 6.42 Å². The molecule has 0 unspecified atom stereocenters. The van der Waals surface area contributed by atoms with E-state index in [1.54, 1.807) is 0 Å². The van der Waals surface area contributed by atoms with Crippen LogP contribution in [0.5, 0.6) is 0 Å². The molecule has 0 radical (unpaired) electrons. The molecule has 106 valence electrons. The van der Waals surface area contributed by atoms with Crippen LogP contribution in [0, 0.1) is 6.92 Å². The summed E-state index contributed by atoms with van der Waals surface area (Å²) >= 11 is 0. The predicted molar refractivity (Wildman–Crippen MR) is 81.1 cm³/mol. The van der Waals surface area contributed by atoms with Crippen molar-refractivity contribution in [1.29, 1.82) is 0 Å². The molecule has 0 fully saturated rings. The summed E-state index contributed by atoms with van der Waals surface area (Å²) in [6.07, 6.45) is 2.88. The van der Waals surface area contributed by atoms with E-state index in [2.05, 4.69) is 22.4 Å². The first-order valence-electron chi connectivity index (χ1n) is 6.99. The third-order valence-corrected chi connectivity index (χ3v) is 3.27. The maximum absolute atomic E-state index is 10.4. The van der Waals surface area contributed by atoms with Crippen LogP contribution in [0.2, 0.25) is 0 Å². The number of fused-ring (bicyclic) bond motifs is 1. The first-order valence-corrected chi connectivity index (χ1v) is 6.99. The van der Waals surface area contributed by atoms with Crippen molar-refractivity contribution in [1.82, 2.24) is 4.98 Å². The van der Waals surface area contributed by atoms with E-state index in [0.29, 0.717) is 0 Å². The second kappa shape index (κ2) is 6.89. The minimum atomic E-state index is -0.718. The summed E-state index contributed by atoms with van der Waals surface area (Å²) in [7, 11) is 0. The summed E-state index contributed by atoms with van der Waals surface area (Å²) in [4.78, 5) is 15.0. The number of nitrogens with zero attached hydrogens (tertiary/aromatic N) is 1. The van der Waals surface area contributed by atoms with Gasteiger partial charge in [-0.2, -0.15) is 0 Å². The van der Waals surface area contributed by atoms with Crippen molar-refractivity contribution < 1.29 is 9.90 Å². The van der Waals surface area contributed by atoms with Crippen LogP contribution < -0.4 is 5.32 Å². The van der Waals surface area contributed by atoms with Crippen molar-refractivity contribution in [2.45, 2.75) is 32.6 Å². The van der Waals surface area contributed by atoms with Crippen LogP contribution in [0.3, 0.4) is 0 Å². The number of carboxylic acid groups (broad SMARTS) is 1. The highest BCUT2D eigenvalue weighted by Gasteiger charge is 2.02. The van der Waals surface area contributed by atoms with Gasteiger partial charge < -0.3 is 10.4 Å². The zero-order valence-electron chi connectivity index (χ0n) is 11.7. The van der Waals surface area contributed by atoms with Crippen molar-refractivity contribution in [3.05, 3.63) is 35.9 Å². The maximum Gasteiger partial charge on any atom is 0.303 e. The Kier molecular flexibility index (Phi) is 4.93. The van der Waals surface area contributed by atoms with Gasteiger partial charge in [-0.05, 0) is 37.5 Å². The third kappa shape index (κ3) is 3.95. The van der Waals surface area contributed by atoms with Gasteiger partial charge >= 0.3 is 5.97 Å². The molecule has 0 saturated heterocycles. The number of nitrogens with one attached hydrogen (secondary N) is 1. The average molecular weight is 272 g/mol. The quantitative estimate of drug-likeness (QED) is 0.756. The smallest absolute Gasteiger partial charge is 0.303 e. The lowest BCUT2D eigenvalue weighted by Crippen LogP contribution is -2.05. The highest BCUT2D eigenvalue weighted by Crippen LogP contribution is 2.19. The van der Waals surface area contributed by atoms with Gasteiger partial charge in [0.05, 0.1) is 5.52 Å². The van der Waals surface area contributed by atoms with Gasteiger partial charge in [0, 0.05) is 18.4 Å². The molecule has 0 aliphatic carbocycles. The number of carboxylic acids is 1. The SMILES string of the molecule is Cc1cc2ccccc2nc1NCCCCCC(=O)O. The number of aromatic nitrogens is 1. The molecule has 0 aliphatic rings. The molecular weight excluding hydrogens is 252 g/mol. The Morgan fingerprint density at radius 2 is 2.05 bits per heavy atom. The molecule has 4 heteroatoms. The van der Waals surface area contributed by atoms with E-state index in [4.69, 9.17) is 5.11 Å². The Hall–Kier alpha value is -2.10. The van der Waals surface area contributed by atoms with Gasteiger partial charge in [0.25, 0.3) is 0 Å². The summed E-state index contributed by atoms with van der Waals surface area (Å²) in [5, 5.41) is 13.0. The van der Waals surface area contributed by atoms with Gasteiger partial charge in [-0.3, -0.25) is 4.79 Å². The Labute approximate surface area is 118 Å². The minimum absolute atomic E-state index is 0.257. The van der Waals surface area contributed by atoms with E-state index in [9.17, 15) is 4.79 Å². The molecule has 0 amide bonds. The lowest BCUT2D eigenvalue weighted by atomic mass is 10.1. The summed E-state index contributed by atoms with van der Waals surface area (Å²) in [6, 6.07) is 10.2. The Morgan fingerprint density at radius 1 is 1.25 bits per heavy atom. The van der Waals surface area contributed by atoms with Crippen LogP contribution in [0.15, 0.2) is 30.3 Å². The predicted octanol–water partition coefficient (Wildman–Crippen LogP) is 3.60. The lowest BCUT2D eigenvalue weighted by Gasteiger charge is -2.09. The van der Waals surface area contributed by atoms with Crippen molar-refractivity contribution in [2.75, 3.05) is 11.9 Å². The van der Waals surface area contributed by atoms with Crippen molar-refractivity contribution in [2.24, 2.45) is 0 Å². The summed E-state index contributed by atoms with van der Waals surface area (Å²) in [5.74, 6) is 0.201. The molecule has 1 aromatic heterocycles. The topological polar surface area (TPSA) is 62.2 Å². The zero-order chi connectivity index (χ0) is 14.4. The van der Waals surface area contributed by atoms with E-state index in [1.165, 1.54) is 0 Å². The van der Waals surface area contributed by atoms with Gasteiger partial charge in [0.1, 0.15) is 5.82 Å². The number of pyridine rings is 1. The van der Waals surface area contributed by atoms with Crippen LogP contribution >= 0.6 is 0 Å². The van der Waals surface area contributed by atoms with E-state index in [0.717, 1.165) is 48.1 Å². The van der Waals surface area contributed by atoms with Gasteiger partial charge in [-0.15, -0.1) is 0 Å². The molecule has 0 spiro atoms. The van der Waals surface area contributed by atoms with Crippen LogP contribution in [0.25, 0.3) is 10.9 Å². The number of aliphatic carboxylic acids is 1. The van der Waals surface area contributed by atoms with Gasteiger partial charge in [-0.1, -0.05) is 24.6 Å². The molecule has 2 rings (SSSR count). The highest BCUT2D eigenvalue weighted by molar-refractivity contribution is 5.81. The molecule has 1 aromatic carbocycles. The number of rotatable bonds is 7. The van der Waals surface area contributed by atoms with Crippen LogP contribution in [0.4, 0.5) is 5.82 Å². The normalized spacial score (nSPS) is 10.7. The third-order valence-electron chi connectivity index (χ3n) is 3.27. The van der Waals surface area contributed by atoms with Gasteiger partial charge in [0.2, 0.25) is 0 Å². The lowest BCUT2D eigenvalue weighted by molar-refractivity contribution is -0.137. The summed E-state index contributed by atoms with van der Waals surface area (Å²) < 4.78 is 0. The van der Waals surface area contributed by atoms with E-state index >= 15 is 0 Å². The van der Waals surface area contributed by atoms with Crippen LogP contribution in [-0.2, 0) is 4.79 Å². The average Bonchev–Trinajstić information content (AvgIpc) is 2.42. The molecule has 0 saturated carbocycles. The molecule has 2 aromatic rings. The van der Waals surface area contributed by atoms with Crippen LogP contribution in [0.1, 0.15) is 31.2 Å². The molecule has 2 N–H and O–H groups in total. The number of carbonyl (C=O) groups is 1. The minimum Gasteiger partial charge on any atom is -0.481 e. The number of benzene rings is 1. The molecule has 0 aliphatic heterocycles. The largest absolute Gasteiger partial charge is 0.481 e. The Balaban J connectivity index is 1.86. The van der Waals surface area contributed by atoms with E-state index in [1.807, 2.05) is 25.1 Å². The van der Waals surface area contributed by atoms with Gasteiger partial charge in [0.15, 0.2) is 0 Å². The summed E-state index contributed by atoms with van der Waals surface area (Å²) in [5.41, 5.74) is 2.13. The highest BCUT2D eigenvalue weighted by atomic mass is 16.4. The monoisotopic (exact) mass is 272 g/mol. The number of unbranched alkanes of at least 4 members (excludes halogenated alkanes) is 2. The maximum atomic E-state index is 10.4. The molecule has 1 heterocycles. The molecular formula is C16H20N2O2. The second-order valence-corrected chi connectivity index (χ2v) is 4.98. The van der Waals surface area contributed by atoms with Crippen molar-refractivity contribution >= 4 is 22.7 Å². The first kappa shape index (κ1) is 14.3. The first-order chi connectivity index (χ1) is 9.66. The molecule has 4 nitrogen and oxygen atoms in total. The zero-order valence-corrected chi connectivity index (χ0v) is 11.7. The summed E-state index contributed by atoms with van der Waals surface area (Å²) in [6.45, 7) is 2.87. The van der Waals surface area contributed by atoms with Crippen molar-refractivity contribution in [3.63, 3.8) is 0 Å². The van der Waals surface area contributed by atoms with Gasteiger partial charge in [-0.25, -0.2) is 4.98 Å². The molecule has 20 heavy (non-hydrogen) atoms. The van der Waals surface area contributed by atoms with Crippen LogP contribution in [-0.4, -0.2) is 22.6 Å². The number of para-hydroxylation sites is 1. The Morgan fingerprint density at radius 3 is 2.85 bits per heavy atom. The van der Waals surface area contributed by atoms with Crippen molar-refractivity contribution in [3.8, 4) is 0 Å². The molecule has 0 bridgehead atoms. The number of hydrogen-bond acceptors (Lipinski definition) is 3. The fraction of sp³-hybridized carbons (Fsp3) is 0.375.